The van der Waals surface area contributed by atoms with Gasteiger partial charge in [-0.25, -0.2) is 0 Å². The predicted octanol–water partition coefficient (Wildman–Crippen LogP) is 3.69. The number of likely N-dealkylation sites (N-methyl/N-ethyl adjacent to an activating group) is 2. The van der Waals surface area contributed by atoms with E-state index in [1.54, 1.807) is 11.0 Å². The Labute approximate surface area is 196 Å². The molecule has 0 atom stereocenters. The zero-order chi connectivity index (χ0) is 24.0. The molecule has 7 heteroatoms. The second kappa shape index (κ2) is 11.4. The maximum absolute atomic E-state index is 13.6. The SMILES string of the molecule is CCCc1c(C(=O)N(CC)CCN(CC)CC)c(=O)cc(C)n1Cc1ccc2c(c1)OCO2. The van der Waals surface area contributed by atoms with Crippen LogP contribution >= 0.6 is 0 Å². The number of carbonyl (C=O) groups is 1. The van der Waals surface area contributed by atoms with E-state index in [0.717, 1.165) is 54.5 Å². The third kappa shape index (κ3) is 5.58. The number of hydrogen-bond acceptors (Lipinski definition) is 5. The number of nitrogens with zero attached hydrogens (tertiary/aromatic N) is 3. The Kier molecular flexibility index (Phi) is 8.55. The lowest BCUT2D eigenvalue weighted by Crippen LogP contribution is -2.41. The van der Waals surface area contributed by atoms with E-state index >= 15 is 0 Å². The quantitative estimate of drug-likeness (QED) is 0.517. The first-order valence-electron chi connectivity index (χ1n) is 12.1. The van der Waals surface area contributed by atoms with Crippen molar-refractivity contribution in [3.8, 4) is 11.5 Å². The summed E-state index contributed by atoms with van der Waals surface area (Å²) < 4.78 is 13.1. The van der Waals surface area contributed by atoms with E-state index < -0.39 is 0 Å². The molecule has 7 nitrogen and oxygen atoms in total. The van der Waals surface area contributed by atoms with E-state index in [-0.39, 0.29) is 18.1 Å². The molecule has 0 aliphatic carbocycles. The number of rotatable bonds is 11. The minimum atomic E-state index is -0.191. The molecule has 33 heavy (non-hydrogen) atoms. The molecule has 0 radical (unpaired) electrons. The van der Waals surface area contributed by atoms with Gasteiger partial charge in [-0.1, -0.05) is 33.3 Å². The van der Waals surface area contributed by atoms with Crippen LogP contribution in [0.2, 0.25) is 0 Å². The lowest BCUT2D eigenvalue weighted by molar-refractivity contribution is 0.0743. The third-order valence-corrected chi connectivity index (χ3v) is 6.35. The van der Waals surface area contributed by atoms with Crippen molar-refractivity contribution in [2.45, 2.75) is 54.0 Å². The van der Waals surface area contributed by atoms with Crippen molar-refractivity contribution < 1.29 is 14.3 Å². The van der Waals surface area contributed by atoms with E-state index in [9.17, 15) is 9.59 Å². The van der Waals surface area contributed by atoms with Crippen molar-refractivity contribution in [3.05, 3.63) is 57.0 Å². The van der Waals surface area contributed by atoms with Crippen molar-refractivity contribution in [2.75, 3.05) is 39.5 Å². The lowest BCUT2D eigenvalue weighted by Gasteiger charge is -2.27. The Morgan fingerprint density at radius 1 is 1.00 bits per heavy atom. The molecule has 180 valence electrons. The fourth-order valence-corrected chi connectivity index (χ4v) is 4.36. The molecule has 1 amide bonds. The largest absolute Gasteiger partial charge is 0.454 e. The first kappa shape index (κ1) is 24.8. The van der Waals surface area contributed by atoms with Gasteiger partial charge in [0.1, 0.15) is 5.56 Å². The minimum absolute atomic E-state index is 0.169. The van der Waals surface area contributed by atoms with Crippen molar-refractivity contribution in [3.63, 3.8) is 0 Å². The molecule has 1 aliphatic heterocycles. The van der Waals surface area contributed by atoms with Gasteiger partial charge in [-0.05, 0) is 51.1 Å². The Morgan fingerprint density at radius 2 is 1.73 bits per heavy atom. The average molecular weight is 456 g/mol. The van der Waals surface area contributed by atoms with Crippen LogP contribution in [0.15, 0.2) is 29.1 Å². The van der Waals surface area contributed by atoms with Crippen LogP contribution in [0.5, 0.6) is 11.5 Å². The van der Waals surface area contributed by atoms with Gasteiger partial charge >= 0.3 is 0 Å². The molecule has 0 spiro atoms. The number of hydrogen-bond donors (Lipinski definition) is 0. The van der Waals surface area contributed by atoms with Crippen LogP contribution in [0.4, 0.5) is 0 Å². The van der Waals surface area contributed by atoms with Crippen LogP contribution in [0.25, 0.3) is 0 Å². The smallest absolute Gasteiger partial charge is 0.259 e. The van der Waals surface area contributed by atoms with Crippen molar-refractivity contribution >= 4 is 5.91 Å². The van der Waals surface area contributed by atoms with Gasteiger partial charge < -0.3 is 23.8 Å². The summed E-state index contributed by atoms with van der Waals surface area (Å²) in [5, 5.41) is 0. The van der Waals surface area contributed by atoms with Crippen LogP contribution in [0, 0.1) is 6.92 Å². The van der Waals surface area contributed by atoms with Gasteiger partial charge in [-0.3, -0.25) is 9.59 Å². The molecule has 1 aromatic heterocycles. The molecule has 0 saturated carbocycles. The molecule has 0 saturated heterocycles. The van der Waals surface area contributed by atoms with Gasteiger partial charge in [0.25, 0.3) is 5.91 Å². The highest BCUT2D eigenvalue weighted by atomic mass is 16.7. The normalized spacial score (nSPS) is 12.4. The van der Waals surface area contributed by atoms with Crippen LogP contribution in [-0.2, 0) is 13.0 Å². The van der Waals surface area contributed by atoms with Crippen molar-refractivity contribution in [1.29, 1.82) is 0 Å². The second-order valence-electron chi connectivity index (χ2n) is 8.41. The molecule has 1 aromatic carbocycles. The summed E-state index contributed by atoms with van der Waals surface area (Å²) in [6.07, 6.45) is 1.51. The Morgan fingerprint density at radius 3 is 2.39 bits per heavy atom. The van der Waals surface area contributed by atoms with Gasteiger partial charge in [-0.15, -0.1) is 0 Å². The standard InChI is InChI=1S/C26H37N3O4/c1-6-10-21-25(26(31)28(9-4)14-13-27(7-2)8-3)22(30)15-19(5)29(21)17-20-11-12-23-24(16-20)33-18-32-23/h11-12,15-16H,6-10,13-14,17-18H2,1-5H3. The van der Waals surface area contributed by atoms with E-state index in [1.165, 1.54) is 0 Å². The summed E-state index contributed by atoms with van der Waals surface area (Å²) >= 11 is 0. The molecule has 2 heterocycles. The summed E-state index contributed by atoms with van der Waals surface area (Å²) in [6, 6.07) is 7.48. The molecular weight excluding hydrogens is 418 g/mol. The number of fused-ring (bicyclic) bond motifs is 1. The Bertz CT molecular complexity index is 1030. The number of aromatic nitrogens is 1. The number of carbonyl (C=O) groups excluding carboxylic acids is 1. The molecule has 0 unspecified atom stereocenters. The van der Waals surface area contributed by atoms with E-state index in [0.29, 0.717) is 31.6 Å². The predicted molar refractivity (Wildman–Crippen MR) is 130 cm³/mol. The van der Waals surface area contributed by atoms with Gasteiger partial charge in [0.15, 0.2) is 16.9 Å². The number of benzene rings is 1. The van der Waals surface area contributed by atoms with Crippen LogP contribution in [0.1, 0.15) is 61.4 Å². The highest BCUT2D eigenvalue weighted by molar-refractivity contribution is 5.95. The topological polar surface area (TPSA) is 64.0 Å². The molecule has 2 aromatic rings. The summed E-state index contributed by atoms with van der Waals surface area (Å²) in [6.45, 7) is 14.9. The average Bonchev–Trinajstić information content (AvgIpc) is 3.27. The number of amides is 1. The Hall–Kier alpha value is -2.80. The summed E-state index contributed by atoms with van der Waals surface area (Å²) in [5.41, 5.74) is 2.82. The number of ether oxygens (including phenoxy) is 2. The van der Waals surface area contributed by atoms with E-state index in [1.807, 2.05) is 32.0 Å². The highest BCUT2D eigenvalue weighted by Crippen LogP contribution is 2.33. The maximum atomic E-state index is 13.6. The summed E-state index contributed by atoms with van der Waals surface area (Å²) in [4.78, 5) is 30.8. The Balaban J connectivity index is 1.97. The van der Waals surface area contributed by atoms with Gasteiger partial charge in [0, 0.05) is 43.6 Å². The molecule has 0 bridgehead atoms. The fourth-order valence-electron chi connectivity index (χ4n) is 4.36. The zero-order valence-electron chi connectivity index (χ0n) is 20.6. The maximum Gasteiger partial charge on any atom is 0.259 e. The van der Waals surface area contributed by atoms with Crippen LogP contribution < -0.4 is 14.9 Å². The monoisotopic (exact) mass is 455 g/mol. The molecule has 1 aliphatic rings. The third-order valence-electron chi connectivity index (χ3n) is 6.35. The van der Waals surface area contributed by atoms with E-state index in [2.05, 4.69) is 30.2 Å². The van der Waals surface area contributed by atoms with Crippen molar-refractivity contribution in [1.82, 2.24) is 14.4 Å². The van der Waals surface area contributed by atoms with Crippen molar-refractivity contribution in [2.24, 2.45) is 0 Å². The fraction of sp³-hybridized carbons (Fsp3) is 0.538. The highest BCUT2D eigenvalue weighted by Gasteiger charge is 2.24. The minimum Gasteiger partial charge on any atom is -0.454 e. The zero-order valence-corrected chi connectivity index (χ0v) is 20.6. The number of pyridine rings is 1. The molecule has 0 N–H and O–H groups in total. The number of aryl methyl sites for hydroxylation is 1. The van der Waals surface area contributed by atoms with Gasteiger partial charge in [0.05, 0.1) is 0 Å². The van der Waals surface area contributed by atoms with E-state index in [4.69, 9.17) is 9.47 Å². The first-order chi connectivity index (χ1) is 15.9. The lowest BCUT2D eigenvalue weighted by atomic mass is 10.0. The molecule has 0 fully saturated rings. The van der Waals surface area contributed by atoms with Crippen LogP contribution in [0.3, 0.4) is 0 Å². The second-order valence-corrected chi connectivity index (χ2v) is 8.41. The molecular formula is C26H37N3O4. The van der Waals surface area contributed by atoms with Gasteiger partial charge in [0.2, 0.25) is 6.79 Å². The molecule has 3 rings (SSSR count). The first-order valence-corrected chi connectivity index (χ1v) is 12.1. The van der Waals surface area contributed by atoms with Crippen LogP contribution in [-0.4, -0.2) is 59.8 Å². The van der Waals surface area contributed by atoms with Gasteiger partial charge in [-0.2, -0.15) is 0 Å². The summed E-state index contributed by atoms with van der Waals surface area (Å²) in [7, 11) is 0. The summed E-state index contributed by atoms with van der Waals surface area (Å²) in [5.74, 6) is 1.30.